The summed E-state index contributed by atoms with van der Waals surface area (Å²) in [5.41, 5.74) is 0.990. The zero-order valence-electron chi connectivity index (χ0n) is 14.2. The van der Waals surface area contributed by atoms with E-state index in [0.717, 1.165) is 49.7 Å². The standard InChI is InChI=1S/C17H23N5O2/c1-3-14-18-8-11-22(14)17-16(19-6-7-20-17)13-4-9-21(10-5-13)15(23)12-24-2/h6-8,11,13H,3-5,9-10,12H2,1-2H3. The second kappa shape index (κ2) is 7.53. The fourth-order valence-electron chi connectivity index (χ4n) is 3.22. The van der Waals surface area contributed by atoms with Gasteiger partial charge in [0.2, 0.25) is 5.91 Å². The maximum Gasteiger partial charge on any atom is 0.248 e. The van der Waals surface area contributed by atoms with Crippen molar-refractivity contribution in [3.8, 4) is 5.82 Å². The van der Waals surface area contributed by atoms with Crippen molar-refractivity contribution in [2.45, 2.75) is 32.1 Å². The van der Waals surface area contributed by atoms with Crippen molar-refractivity contribution in [3.05, 3.63) is 36.3 Å². The van der Waals surface area contributed by atoms with Gasteiger partial charge in [-0.3, -0.25) is 14.3 Å². The van der Waals surface area contributed by atoms with Crippen molar-refractivity contribution in [1.82, 2.24) is 24.4 Å². The Labute approximate surface area is 141 Å². The molecule has 0 N–H and O–H groups in total. The van der Waals surface area contributed by atoms with Crippen molar-refractivity contribution in [1.29, 1.82) is 0 Å². The van der Waals surface area contributed by atoms with Gasteiger partial charge >= 0.3 is 0 Å². The molecule has 3 heterocycles. The van der Waals surface area contributed by atoms with Gasteiger partial charge in [0.25, 0.3) is 0 Å². The number of likely N-dealkylation sites (tertiary alicyclic amines) is 1. The van der Waals surface area contributed by atoms with Crippen LogP contribution in [0.1, 0.15) is 37.2 Å². The highest BCUT2D eigenvalue weighted by molar-refractivity contribution is 5.77. The molecule has 7 nitrogen and oxygen atoms in total. The Kier molecular flexibility index (Phi) is 5.20. The first-order valence-electron chi connectivity index (χ1n) is 8.34. The van der Waals surface area contributed by atoms with Crippen LogP contribution in [0.25, 0.3) is 5.82 Å². The first kappa shape index (κ1) is 16.6. The number of hydrogen-bond donors (Lipinski definition) is 0. The number of aromatic nitrogens is 4. The molecule has 0 unspecified atom stereocenters. The van der Waals surface area contributed by atoms with E-state index in [0.29, 0.717) is 5.92 Å². The fraction of sp³-hybridized carbons (Fsp3) is 0.529. The zero-order valence-corrected chi connectivity index (χ0v) is 14.2. The molecule has 0 aliphatic carbocycles. The lowest BCUT2D eigenvalue weighted by Gasteiger charge is -2.32. The molecule has 1 amide bonds. The molecule has 0 aromatic carbocycles. The van der Waals surface area contributed by atoms with E-state index < -0.39 is 0 Å². The van der Waals surface area contributed by atoms with Gasteiger partial charge in [0, 0.05) is 57.3 Å². The van der Waals surface area contributed by atoms with Crippen molar-refractivity contribution < 1.29 is 9.53 Å². The van der Waals surface area contributed by atoms with Crippen molar-refractivity contribution in [2.24, 2.45) is 0 Å². The molecule has 0 saturated carbocycles. The van der Waals surface area contributed by atoms with Gasteiger partial charge in [-0.05, 0) is 12.8 Å². The van der Waals surface area contributed by atoms with Crippen LogP contribution in [0, 0.1) is 0 Å². The van der Waals surface area contributed by atoms with E-state index in [-0.39, 0.29) is 12.5 Å². The molecular weight excluding hydrogens is 306 g/mol. The molecule has 2 aromatic heterocycles. The predicted octanol–water partition coefficient (Wildman–Crippen LogP) is 1.58. The number of carbonyl (C=O) groups is 1. The second-order valence-electron chi connectivity index (χ2n) is 5.92. The minimum atomic E-state index is 0.0539. The summed E-state index contributed by atoms with van der Waals surface area (Å²) >= 11 is 0. The maximum absolute atomic E-state index is 11.9. The minimum absolute atomic E-state index is 0.0539. The molecule has 0 bridgehead atoms. The molecule has 1 fully saturated rings. The summed E-state index contributed by atoms with van der Waals surface area (Å²) in [4.78, 5) is 27.3. The highest BCUT2D eigenvalue weighted by atomic mass is 16.5. The van der Waals surface area contributed by atoms with Crippen LogP contribution in [0.4, 0.5) is 0 Å². The van der Waals surface area contributed by atoms with E-state index in [1.165, 1.54) is 0 Å². The van der Waals surface area contributed by atoms with Gasteiger partial charge in [-0.15, -0.1) is 0 Å². The molecule has 1 aliphatic heterocycles. The van der Waals surface area contributed by atoms with Gasteiger partial charge < -0.3 is 9.64 Å². The second-order valence-corrected chi connectivity index (χ2v) is 5.92. The Bertz CT molecular complexity index is 692. The number of piperidine rings is 1. The lowest BCUT2D eigenvalue weighted by molar-refractivity contribution is -0.136. The largest absolute Gasteiger partial charge is 0.375 e. The zero-order chi connectivity index (χ0) is 16.9. The van der Waals surface area contributed by atoms with E-state index in [9.17, 15) is 4.79 Å². The van der Waals surface area contributed by atoms with Crippen molar-refractivity contribution in [3.63, 3.8) is 0 Å². The Hall–Kier alpha value is -2.28. The van der Waals surface area contributed by atoms with Crippen LogP contribution >= 0.6 is 0 Å². The molecule has 7 heteroatoms. The lowest BCUT2D eigenvalue weighted by Crippen LogP contribution is -2.40. The third-order valence-corrected chi connectivity index (χ3v) is 4.47. The minimum Gasteiger partial charge on any atom is -0.375 e. The van der Waals surface area contributed by atoms with Gasteiger partial charge in [0.1, 0.15) is 12.4 Å². The maximum atomic E-state index is 11.9. The van der Waals surface area contributed by atoms with E-state index in [2.05, 4.69) is 21.9 Å². The average Bonchev–Trinajstić information content (AvgIpc) is 3.10. The van der Waals surface area contributed by atoms with Crippen molar-refractivity contribution in [2.75, 3.05) is 26.8 Å². The summed E-state index contributed by atoms with van der Waals surface area (Å²) in [6, 6.07) is 0. The highest BCUT2D eigenvalue weighted by Crippen LogP contribution is 2.30. The van der Waals surface area contributed by atoms with Crippen LogP contribution in [-0.2, 0) is 16.0 Å². The number of amides is 1. The number of aryl methyl sites for hydroxylation is 1. The predicted molar refractivity (Wildman–Crippen MR) is 89.0 cm³/mol. The van der Waals surface area contributed by atoms with Crippen LogP contribution in [-0.4, -0.2) is 57.1 Å². The Balaban J connectivity index is 1.78. The first-order chi connectivity index (χ1) is 11.7. The molecule has 3 rings (SSSR count). The number of ether oxygens (including phenoxy) is 1. The van der Waals surface area contributed by atoms with Gasteiger partial charge in [-0.2, -0.15) is 0 Å². The number of hydrogen-bond acceptors (Lipinski definition) is 5. The third kappa shape index (κ3) is 3.31. The third-order valence-electron chi connectivity index (χ3n) is 4.47. The van der Waals surface area contributed by atoms with Crippen LogP contribution in [0.2, 0.25) is 0 Å². The molecule has 0 spiro atoms. The monoisotopic (exact) mass is 329 g/mol. The topological polar surface area (TPSA) is 73.1 Å². The number of nitrogens with zero attached hydrogens (tertiary/aromatic N) is 5. The molecule has 1 saturated heterocycles. The summed E-state index contributed by atoms with van der Waals surface area (Å²) in [5.74, 6) is 2.18. The smallest absolute Gasteiger partial charge is 0.248 e. The van der Waals surface area contributed by atoms with Crippen LogP contribution in [0.5, 0.6) is 0 Å². The Morgan fingerprint density at radius 3 is 2.67 bits per heavy atom. The molecule has 128 valence electrons. The molecule has 1 aliphatic rings. The van der Waals surface area contributed by atoms with Crippen LogP contribution < -0.4 is 0 Å². The van der Waals surface area contributed by atoms with Gasteiger partial charge in [-0.25, -0.2) is 9.97 Å². The molecular formula is C17H23N5O2. The molecule has 24 heavy (non-hydrogen) atoms. The number of methoxy groups -OCH3 is 1. The van der Waals surface area contributed by atoms with E-state index in [4.69, 9.17) is 4.74 Å². The lowest BCUT2D eigenvalue weighted by atomic mass is 9.93. The van der Waals surface area contributed by atoms with Crippen LogP contribution in [0.3, 0.4) is 0 Å². The van der Waals surface area contributed by atoms with Gasteiger partial charge in [-0.1, -0.05) is 6.92 Å². The van der Waals surface area contributed by atoms with Crippen molar-refractivity contribution >= 4 is 5.91 Å². The summed E-state index contributed by atoms with van der Waals surface area (Å²) in [6.07, 6.45) is 9.80. The van der Waals surface area contributed by atoms with E-state index in [1.54, 1.807) is 25.7 Å². The molecule has 2 aromatic rings. The summed E-state index contributed by atoms with van der Waals surface area (Å²) in [7, 11) is 1.55. The summed E-state index contributed by atoms with van der Waals surface area (Å²) in [5, 5.41) is 0. The highest BCUT2D eigenvalue weighted by Gasteiger charge is 2.27. The van der Waals surface area contributed by atoms with Gasteiger partial charge in [0.15, 0.2) is 5.82 Å². The number of imidazole rings is 1. The molecule has 0 atom stereocenters. The Morgan fingerprint density at radius 2 is 1.96 bits per heavy atom. The van der Waals surface area contributed by atoms with E-state index >= 15 is 0 Å². The SMILES string of the molecule is CCc1nccn1-c1nccnc1C1CCN(C(=O)COC)CC1. The summed E-state index contributed by atoms with van der Waals surface area (Å²) < 4.78 is 6.96. The molecule has 0 radical (unpaired) electrons. The fourth-order valence-corrected chi connectivity index (χ4v) is 3.22. The normalized spacial score (nSPS) is 15.7. The number of rotatable bonds is 5. The van der Waals surface area contributed by atoms with E-state index in [1.807, 2.05) is 15.7 Å². The van der Waals surface area contributed by atoms with Crippen LogP contribution in [0.15, 0.2) is 24.8 Å². The number of carbonyl (C=O) groups excluding carboxylic acids is 1. The quantitative estimate of drug-likeness (QED) is 0.833. The summed E-state index contributed by atoms with van der Waals surface area (Å²) in [6.45, 7) is 3.69. The first-order valence-corrected chi connectivity index (χ1v) is 8.34. The van der Waals surface area contributed by atoms with Gasteiger partial charge in [0.05, 0.1) is 5.69 Å². The average molecular weight is 329 g/mol. The Morgan fingerprint density at radius 1 is 1.21 bits per heavy atom.